The van der Waals surface area contributed by atoms with Crippen LogP contribution in [0.5, 0.6) is 0 Å². The van der Waals surface area contributed by atoms with E-state index in [0.29, 0.717) is 6.54 Å². The zero-order valence-electron chi connectivity index (χ0n) is 14.7. The number of rotatable bonds is 3. The fourth-order valence-corrected chi connectivity index (χ4v) is 2.62. The highest BCUT2D eigenvalue weighted by atomic mass is 19.3. The van der Waals surface area contributed by atoms with Crippen molar-refractivity contribution in [2.75, 3.05) is 13.1 Å². The molecule has 1 amide bonds. The molecule has 1 aromatic carbocycles. The number of amides is 1. The molecule has 4 nitrogen and oxygen atoms in total. The van der Waals surface area contributed by atoms with Crippen molar-refractivity contribution in [3.63, 3.8) is 0 Å². The highest BCUT2D eigenvalue weighted by Gasteiger charge is 2.46. The van der Waals surface area contributed by atoms with E-state index < -0.39 is 30.2 Å². The van der Waals surface area contributed by atoms with Gasteiger partial charge in [-0.3, -0.25) is 0 Å². The number of nitrogens with one attached hydrogen (secondary N) is 1. The van der Waals surface area contributed by atoms with E-state index in [1.165, 1.54) is 0 Å². The van der Waals surface area contributed by atoms with Crippen molar-refractivity contribution >= 4 is 6.09 Å². The first-order valence-corrected chi connectivity index (χ1v) is 8.21. The van der Waals surface area contributed by atoms with Gasteiger partial charge in [-0.1, -0.05) is 29.8 Å². The molecule has 1 N–H and O–H groups in total. The van der Waals surface area contributed by atoms with Crippen LogP contribution in [0.3, 0.4) is 0 Å². The molecule has 0 aliphatic carbocycles. The fraction of sp³-hybridized carbons (Fsp3) is 0.611. The number of likely N-dealkylation sites (tertiary alicyclic amines) is 1. The Kier molecular flexibility index (Phi) is 5.48. The van der Waals surface area contributed by atoms with Gasteiger partial charge in [0.1, 0.15) is 5.60 Å². The van der Waals surface area contributed by atoms with Crippen LogP contribution in [0.2, 0.25) is 0 Å². The predicted octanol–water partition coefficient (Wildman–Crippen LogP) is 3.73. The minimum atomic E-state index is -2.99. The number of nitrogens with zero attached hydrogens (tertiary/aromatic N) is 1. The summed E-state index contributed by atoms with van der Waals surface area (Å²) in [5.41, 5.74) is 1.41. The average Bonchev–Trinajstić information content (AvgIpc) is 2.45. The highest BCUT2D eigenvalue weighted by Crippen LogP contribution is 2.28. The topological polar surface area (TPSA) is 41.6 Å². The van der Waals surface area contributed by atoms with Gasteiger partial charge in [-0.2, -0.15) is 0 Å². The molecule has 0 aromatic heterocycles. The Balaban J connectivity index is 1.91. The first-order valence-electron chi connectivity index (χ1n) is 8.21. The van der Waals surface area contributed by atoms with Crippen LogP contribution in [0.1, 0.15) is 38.3 Å². The molecule has 1 aliphatic heterocycles. The molecule has 0 spiro atoms. The Morgan fingerprint density at radius 3 is 2.50 bits per heavy atom. The van der Waals surface area contributed by atoms with Gasteiger partial charge in [0, 0.05) is 13.1 Å². The number of alkyl halides is 2. The van der Waals surface area contributed by atoms with E-state index in [0.717, 1.165) is 16.0 Å². The van der Waals surface area contributed by atoms with Crippen LogP contribution >= 0.6 is 0 Å². The molecular formula is C18H26F2N2O2. The Hall–Kier alpha value is -1.69. The summed E-state index contributed by atoms with van der Waals surface area (Å²) in [4.78, 5) is 13.1. The maximum Gasteiger partial charge on any atom is 0.410 e. The number of halogens is 2. The molecular weight excluding hydrogens is 314 g/mol. The number of piperidine rings is 1. The first kappa shape index (κ1) is 18.6. The van der Waals surface area contributed by atoms with Crippen LogP contribution in [0, 0.1) is 6.92 Å². The largest absolute Gasteiger partial charge is 0.444 e. The van der Waals surface area contributed by atoms with E-state index in [9.17, 15) is 13.6 Å². The van der Waals surface area contributed by atoms with E-state index in [4.69, 9.17) is 4.74 Å². The zero-order chi connectivity index (χ0) is 18.0. The first-order chi connectivity index (χ1) is 11.1. The highest BCUT2D eigenvalue weighted by molar-refractivity contribution is 5.68. The van der Waals surface area contributed by atoms with Crippen molar-refractivity contribution in [3.8, 4) is 0 Å². The molecule has 1 aliphatic rings. The monoisotopic (exact) mass is 340 g/mol. The Labute approximate surface area is 142 Å². The van der Waals surface area contributed by atoms with Crippen LogP contribution in [-0.4, -0.2) is 41.6 Å². The smallest absolute Gasteiger partial charge is 0.410 e. The van der Waals surface area contributed by atoms with Crippen molar-refractivity contribution in [1.82, 2.24) is 10.2 Å². The third-order valence-electron chi connectivity index (χ3n) is 3.92. The SMILES string of the molecule is Cc1ccc(CNC2CCN(C(=O)OC(C)(C)C)CC2(F)F)cc1. The van der Waals surface area contributed by atoms with Gasteiger partial charge >= 0.3 is 6.09 Å². The average molecular weight is 340 g/mol. The quantitative estimate of drug-likeness (QED) is 0.912. The van der Waals surface area contributed by atoms with Crippen LogP contribution in [0.15, 0.2) is 24.3 Å². The van der Waals surface area contributed by atoms with E-state index in [1.54, 1.807) is 20.8 Å². The summed E-state index contributed by atoms with van der Waals surface area (Å²) in [7, 11) is 0. The summed E-state index contributed by atoms with van der Waals surface area (Å²) in [5.74, 6) is -2.99. The lowest BCUT2D eigenvalue weighted by molar-refractivity contribution is -0.0918. The minimum Gasteiger partial charge on any atom is -0.444 e. The van der Waals surface area contributed by atoms with Gasteiger partial charge in [0.05, 0.1) is 12.6 Å². The Morgan fingerprint density at radius 2 is 1.96 bits per heavy atom. The number of hydrogen-bond acceptors (Lipinski definition) is 3. The molecule has 0 saturated carbocycles. The van der Waals surface area contributed by atoms with Gasteiger partial charge in [0.2, 0.25) is 0 Å². The van der Waals surface area contributed by atoms with Crippen LogP contribution < -0.4 is 5.32 Å². The molecule has 134 valence electrons. The van der Waals surface area contributed by atoms with E-state index in [2.05, 4.69) is 5.32 Å². The fourth-order valence-electron chi connectivity index (χ4n) is 2.62. The lowest BCUT2D eigenvalue weighted by atomic mass is 10.0. The number of aryl methyl sites for hydroxylation is 1. The second-order valence-corrected chi connectivity index (χ2v) is 7.37. The predicted molar refractivity (Wildman–Crippen MR) is 89.2 cm³/mol. The van der Waals surface area contributed by atoms with Crippen molar-refractivity contribution in [3.05, 3.63) is 35.4 Å². The van der Waals surface area contributed by atoms with Gasteiger partial charge in [0.15, 0.2) is 0 Å². The normalized spacial score (nSPS) is 20.8. The van der Waals surface area contributed by atoms with Crippen molar-refractivity contribution in [2.24, 2.45) is 0 Å². The summed E-state index contributed by atoms with van der Waals surface area (Å²) >= 11 is 0. The molecule has 1 fully saturated rings. The summed E-state index contributed by atoms with van der Waals surface area (Å²) in [6.45, 7) is 7.17. The molecule has 1 atom stereocenters. The van der Waals surface area contributed by atoms with E-state index >= 15 is 0 Å². The molecule has 0 radical (unpaired) electrons. The van der Waals surface area contributed by atoms with Crippen molar-refractivity contribution < 1.29 is 18.3 Å². The second kappa shape index (κ2) is 7.05. The minimum absolute atomic E-state index is 0.193. The lowest BCUT2D eigenvalue weighted by Crippen LogP contribution is -2.58. The standard InChI is InChI=1S/C18H26F2N2O2/c1-13-5-7-14(8-6-13)11-21-15-9-10-22(12-18(15,19)20)16(23)24-17(2,3)4/h5-8,15,21H,9-12H2,1-4H3. The molecule has 1 heterocycles. The Morgan fingerprint density at radius 1 is 1.33 bits per heavy atom. The molecule has 1 saturated heterocycles. The maximum atomic E-state index is 14.4. The third kappa shape index (κ3) is 5.16. The molecule has 6 heteroatoms. The molecule has 24 heavy (non-hydrogen) atoms. The third-order valence-corrected chi connectivity index (χ3v) is 3.92. The van der Waals surface area contributed by atoms with Gasteiger partial charge in [-0.05, 0) is 39.7 Å². The molecule has 2 rings (SSSR count). The van der Waals surface area contributed by atoms with Crippen LogP contribution in [0.4, 0.5) is 13.6 Å². The number of hydrogen-bond donors (Lipinski definition) is 1. The van der Waals surface area contributed by atoms with Crippen LogP contribution in [-0.2, 0) is 11.3 Å². The maximum absolute atomic E-state index is 14.4. The number of carbonyl (C=O) groups is 1. The summed E-state index contributed by atoms with van der Waals surface area (Å²) in [6, 6.07) is 6.82. The number of ether oxygens (including phenoxy) is 1. The van der Waals surface area contributed by atoms with E-state index in [1.807, 2.05) is 31.2 Å². The second-order valence-electron chi connectivity index (χ2n) is 7.37. The van der Waals surface area contributed by atoms with Gasteiger partial charge in [0.25, 0.3) is 5.92 Å². The van der Waals surface area contributed by atoms with Gasteiger partial charge in [-0.25, -0.2) is 13.6 Å². The Bertz CT molecular complexity index is 567. The number of benzene rings is 1. The molecule has 0 bridgehead atoms. The van der Waals surface area contributed by atoms with E-state index in [-0.39, 0.29) is 13.0 Å². The van der Waals surface area contributed by atoms with Gasteiger partial charge in [-0.15, -0.1) is 0 Å². The van der Waals surface area contributed by atoms with Crippen molar-refractivity contribution in [2.45, 2.75) is 58.2 Å². The molecule has 1 aromatic rings. The van der Waals surface area contributed by atoms with Crippen LogP contribution in [0.25, 0.3) is 0 Å². The summed E-state index contributed by atoms with van der Waals surface area (Å²) in [5, 5.41) is 2.93. The number of carbonyl (C=O) groups excluding carboxylic acids is 1. The van der Waals surface area contributed by atoms with Crippen molar-refractivity contribution in [1.29, 1.82) is 0 Å². The summed E-state index contributed by atoms with van der Waals surface area (Å²) < 4.78 is 33.9. The van der Waals surface area contributed by atoms with Gasteiger partial charge < -0.3 is 15.0 Å². The summed E-state index contributed by atoms with van der Waals surface area (Å²) in [6.07, 6.45) is -0.489. The molecule has 1 unspecified atom stereocenters. The zero-order valence-corrected chi connectivity index (χ0v) is 14.7. The lowest BCUT2D eigenvalue weighted by Gasteiger charge is -2.39.